The molecule has 2 nitrogen and oxygen atoms in total. The summed E-state index contributed by atoms with van der Waals surface area (Å²) in [6, 6.07) is 8.36. The third-order valence-corrected chi connectivity index (χ3v) is 4.50. The minimum absolute atomic E-state index is 0.278. The molecule has 0 bridgehead atoms. The Hall–Kier alpha value is -1.57. The van der Waals surface area contributed by atoms with Crippen molar-refractivity contribution in [3.05, 3.63) is 56.7 Å². The highest BCUT2D eigenvalue weighted by Gasteiger charge is 2.30. The second kappa shape index (κ2) is 6.38. The van der Waals surface area contributed by atoms with Gasteiger partial charge in [-0.05, 0) is 69.0 Å². The van der Waals surface area contributed by atoms with Crippen LogP contribution in [0.3, 0.4) is 0 Å². The van der Waals surface area contributed by atoms with E-state index >= 15 is 0 Å². The zero-order valence-electron chi connectivity index (χ0n) is 13.5. The van der Waals surface area contributed by atoms with Crippen molar-refractivity contribution in [3.63, 3.8) is 0 Å². The van der Waals surface area contributed by atoms with Gasteiger partial charge >= 0.3 is 6.18 Å². The number of carbonyl (C=O) groups is 1. The number of carbonyl (C=O) groups excluding carboxylic acids is 1. The fourth-order valence-electron chi connectivity index (χ4n) is 2.58. The summed E-state index contributed by atoms with van der Waals surface area (Å²) in [7, 11) is 0. The van der Waals surface area contributed by atoms with E-state index in [4.69, 9.17) is 5.73 Å². The van der Waals surface area contributed by atoms with E-state index in [2.05, 4.69) is 22.6 Å². The van der Waals surface area contributed by atoms with Gasteiger partial charge < -0.3 is 5.73 Å². The van der Waals surface area contributed by atoms with Crippen LogP contribution in [0.1, 0.15) is 42.3 Å². The van der Waals surface area contributed by atoms with Gasteiger partial charge in [0.1, 0.15) is 0 Å². The van der Waals surface area contributed by atoms with Crippen LogP contribution in [0.2, 0.25) is 0 Å². The monoisotopic (exact) mass is 447 g/mol. The van der Waals surface area contributed by atoms with Gasteiger partial charge in [-0.15, -0.1) is 0 Å². The summed E-state index contributed by atoms with van der Waals surface area (Å²) in [6.07, 6.45) is -4.37. The second-order valence-electron chi connectivity index (χ2n) is 6.57. The average molecular weight is 447 g/mol. The van der Waals surface area contributed by atoms with Crippen LogP contribution >= 0.6 is 22.6 Å². The first-order valence-electron chi connectivity index (χ1n) is 7.22. The summed E-state index contributed by atoms with van der Waals surface area (Å²) in [5.41, 5.74) is 7.03. The highest BCUT2D eigenvalue weighted by atomic mass is 127. The first-order chi connectivity index (χ1) is 10.9. The van der Waals surface area contributed by atoms with Gasteiger partial charge in [-0.25, -0.2) is 0 Å². The summed E-state index contributed by atoms with van der Waals surface area (Å²) < 4.78 is 38.9. The number of amides is 1. The van der Waals surface area contributed by atoms with Crippen LogP contribution in [0, 0.1) is 3.57 Å². The molecule has 0 aliphatic rings. The molecular formula is C18H17F3INO. The number of rotatable bonds is 2. The Kier molecular flexibility index (Phi) is 4.99. The number of hydrogen-bond donors (Lipinski definition) is 1. The standard InChI is InChI=1S/C18H17F3INO/c1-17(2,3)15-13(16(23)24)8-11(9-14(15)22)10-4-6-12(7-5-10)18(19,20)21/h4-9H,1-3H3,(H2,23,24). The Bertz CT molecular complexity index is 775. The topological polar surface area (TPSA) is 43.1 Å². The van der Waals surface area contributed by atoms with Gasteiger partial charge in [0.15, 0.2) is 0 Å². The number of alkyl halides is 3. The van der Waals surface area contributed by atoms with Crippen LogP contribution in [-0.4, -0.2) is 5.91 Å². The SMILES string of the molecule is CC(C)(C)c1c(I)cc(-c2ccc(C(F)(F)F)cc2)cc1C(N)=O. The van der Waals surface area contributed by atoms with Gasteiger partial charge in [0.25, 0.3) is 0 Å². The molecule has 0 atom stereocenters. The fraction of sp³-hybridized carbons (Fsp3) is 0.278. The Morgan fingerprint density at radius 2 is 1.54 bits per heavy atom. The minimum atomic E-state index is -4.37. The van der Waals surface area contributed by atoms with Crippen molar-refractivity contribution >= 4 is 28.5 Å². The molecule has 0 radical (unpaired) electrons. The van der Waals surface area contributed by atoms with Crippen molar-refractivity contribution in [3.8, 4) is 11.1 Å². The van der Waals surface area contributed by atoms with Gasteiger partial charge in [0.05, 0.1) is 5.56 Å². The van der Waals surface area contributed by atoms with E-state index in [0.717, 1.165) is 21.3 Å². The van der Waals surface area contributed by atoms with E-state index < -0.39 is 17.6 Å². The Morgan fingerprint density at radius 3 is 1.96 bits per heavy atom. The number of halogens is 4. The maximum Gasteiger partial charge on any atom is 0.416 e. The molecule has 2 rings (SSSR count). The van der Waals surface area contributed by atoms with Crippen molar-refractivity contribution < 1.29 is 18.0 Å². The number of benzene rings is 2. The average Bonchev–Trinajstić information content (AvgIpc) is 2.44. The zero-order chi connectivity index (χ0) is 18.3. The molecule has 0 saturated carbocycles. The summed E-state index contributed by atoms with van der Waals surface area (Å²) in [5, 5.41) is 0. The quantitative estimate of drug-likeness (QED) is 0.618. The van der Waals surface area contributed by atoms with E-state index in [1.165, 1.54) is 12.1 Å². The molecule has 2 N–H and O–H groups in total. The fourth-order valence-corrected chi connectivity index (χ4v) is 4.02. The largest absolute Gasteiger partial charge is 0.416 e. The number of nitrogens with two attached hydrogens (primary N) is 1. The third-order valence-electron chi connectivity index (χ3n) is 3.65. The lowest BCUT2D eigenvalue weighted by molar-refractivity contribution is -0.137. The van der Waals surface area contributed by atoms with Crippen molar-refractivity contribution in [2.24, 2.45) is 5.73 Å². The van der Waals surface area contributed by atoms with Crippen LogP contribution in [-0.2, 0) is 11.6 Å². The second-order valence-corrected chi connectivity index (χ2v) is 7.73. The van der Waals surface area contributed by atoms with E-state index in [-0.39, 0.29) is 5.41 Å². The van der Waals surface area contributed by atoms with Gasteiger partial charge in [0.2, 0.25) is 5.91 Å². The predicted molar refractivity (Wildman–Crippen MR) is 96.8 cm³/mol. The van der Waals surface area contributed by atoms with Gasteiger partial charge in [0, 0.05) is 9.13 Å². The van der Waals surface area contributed by atoms with E-state index in [9.17, 15) is 18.0 Å². The molecular weight excluding hydrogens is 430 g/mol. The molecule has 0 aliphatic heterocycles. The summed E-state index contributed by atoms with van der Waals surface area (Å²) in [5.74, 6) is -0.549. The first-order valence-corrected chi connectivity index (χ1v) is 8.30. The normalized spacial score (nSPS) is 12.3. The molecule has 24 heavy (non-hydrogen) atoms. The lowest BCUT2D eigenvalue weighted by atomic mass is 9.82. The van der Waals surface area contributed by atoms with E-state index in [1.807, 2.05) is 26.8 Å². The summed E-state index contributed by atoms with van der Waals surface area (Å²) in [6.45, 7) is 5.94. The van der Waals surface area contributed by atoms with Gasteiger partial charge in [-0.2, -0.15) is 13.2 Å². The zero-order valence-corrected chi connectivity index (χ0v) is 15.6. The van der Waals surface area contributed by atoms with Crippen molar-refractivity contribution in [1.29, 1.82) is 0 Å². The minimum Gasteiger partial charge on any atom is -0.366 e. The van der Waals surface area contributed by atoms with Crippen LogP contribution in [0.25, 0.3) is 11.1 Å². The van der Waals surface area contributed by atoms with E-state index in [0.29, 0.717) is 16.7 Å². The highest BCUT2D eigenvalue weighted by molar-refractivity contribution is 14.1. The number of primary amides is 1. The first kappa shape index (κ1) is 18.8. The molecule has 2 aromatic carbocycles. The lowest BCUT2D eigenvalue weighted by Gasteiger charge is -2.24. The molecule has 0 aromatic heterocycles. The third kappa shape index (κ3) is 3.91. The van der Waals surface area contributed by atoms with Crippen LogP contribution in [0.5, 0.6) is 0 Å². The lowest BCUT2D eigenvalue weighted by Crippen LogP contribution is -2.22. The number of hydrogen-bond acceptors (Lipinski definition) is 1. The smallest absolute Gasteiger partial charge is 0.366 e. The molecule has 0 unspecified atom stereocenters. The molecule has 0 fully saturated rings. The summed E-state index contributed by atoms with van der Waals surface area (Å²) >= 11 is 2.13. The van der Waals surface area contributed by atoms with Gasteiger partial charge in [-0.3, -0.25) is 4.79 Å². The molecule has 0 heterocycles. The van der Waals surface area contributed by atoms with Crippen molar-refractivity contribution in [2.75, 3.05) is 0 Å². The maximum absolute atomic E-state index is 12.7. The maximum atomic E-state index is 12.7. The Labute approximate surface area is 152 Å². The Balaban J connectivity index is 2.59. The molecule has 6 heteroatoms. The molecule has 0 aliphatic carbocycles. The highest BCUT2D eigenvalue weighted by Crippen LogP contribution is 2.35. The van der Waals surface area contributed by atoms with Gasteiger partial charge in [-0.1, -0.05) is 32.9 Å². The molecule has 2 aromatic rings. The van der Waals surface area contributed by atoms with Crippen LogP contribution in [0.4, 0.5) is 13.2 Å². The Morgan fingerprint density at radius 1 is 1.00 bits per heavy atom. The van der Waals surface area contributed by atoms with Crippen LogP contribution < -0.4 is 5.73 Å². The van der Waals surface area contributed by atoms with Crippen molar-refractivity contribution in [2.45, 2.75) is 32.4 Å². The molecule has 1 amide bonds. The van der Waals surface area contributed by atoms with E-state index in [1.54, 1.807) is 6.07 Å². The molecule has 0 spiro atoms. The van der Waals surface area contributed by atoms with Crippen LogP contribution in [0.15, 0.2) is 36.4 Å². The van der Waals surface area contributed by atoms with Crippen molar-refractivity contribution in [1.82, 2.24) is 0 Å². The molecule has 0 saturated heterocycles. The molecule has 128 valence electrons. The summed E-state index contributed by atoms with van der Waals surface area (Å²) in [4.78, 5) is 11.9. The predicted octanol–water partition coefficient (Wildman–Crippen LogP) is 5.37.